The Morgan fingerprint density at radius 1 is 1.24 bits per heavy atom. The molecule has 0 radical (unpaired) electrons. The number of carbonyl (C=O) groups is 1. The van der Waals surface area contributed by atoms with Gasteiger partial charge in [-0.3, -0.25) is 4.79 Å². The quantitative estimate of drug-likeness (QED) is 0.542. The summed E-state index contributed by atoms with van der Waals surface area (Å²) in [5.41, 5.74) is 0.121. The molecule has 0 aliphatic carbocycles. The van der Waals surface area contributed by atoms with Gasteiger partial charge in [-0.25, -0.2) is 9.18 Å². The van der Waals surface area contributed by atoms with E-state index in [0.29, 0.717) is 18.7 Å². The van der Waals surface area contributed by atoms with Gasteiger partial charge in [-0.1, -0.05) is 25.5 Å². The minimum Gasteiger partial charge on any atom is -0.488 e. The molecule has 1 aromatic carbocycles. The van der Waals surface area contributed by atoms with Crippen LogP contribution < -0.4 is 10.2 Å². The molecule has 1 heterocycles. The number of nitrogens with zero attached hydrogens (tertiary/aromatic N) is 1. The molecule has 0 saturated heterocycles. The zero-order valence-electron chi connectivity index (χ0n) is 14.5. The zero-order valence-corrected chi connectivity index (χ0v) is 14.5. The van der Waals surface area contributed by atoms with Crippen LogP contribution in [0.4, 0.5) is 4.39 Å². The first-order valence-electron chi connectivity index (χ1n) is 8.33. The predicted octanol–water partition coefficient (Wildman–Crippen LogP) is 3.39. The molecule has 0 aliphatic heterocycles. The molecule has 0 unspecified atom stereocenters. The summed E-state index contributed by atoms with van der Waals surface area (Å²) in [6.07, 6.45) is 4.67. The molecule has 25 heavy (non-hydrogen) atoms. The summed E-state index contributed by atoms with van der Waals surface area (Å²) >= 11 is 0. The fourth-order valence-corrected chi connectivity index (χ4v) is 2.32. The number of rotatable bonds is 8. The van der Waals surface area contributed by atoms with Crippen LogP contribution in [-0.4, -0.2) is 23.8 Å². The van der Waals surface area contributed by atoms with Gasteiger partial charge in [0.15, 0.2) is 5.75 Å². The van der Waals surface area contributed by atoms with Crippen molar-refractivity contribution in [3.8, 4) is 5.75 Å². The Morgan fingerprint density at radius 3 is 2.72 bits per heavy atom. The monoisotopic (exact) mass is 347 g/mol. The second kappa shape index (κ2) is 9.01. The van der Waals surface area contributed by atoms with E-state index in [9.17, 15) is 14.0 Å². The Balaban J connectivity index is 2.37. The maximum absolute atomic E-state index is 13.4. The SMILES string of the molecule is CCCCOc1cn(Cc2cccc(F)c2)cc(C(=O)OCC)c1=O. The van der Waals surface area contributed by atoms with Crippen molar-refractivity contribution in [3.63, 3.8) is 0 Å². The molecule has 0 amide bonds. The lowest BCUT2D eigenvalue weighted by atomic mass is 10.2. The first kappa shape index (κ1) is 18.7. The van der Waals surface area contributed by atoms with E-state index in [4.69, 9.17) is 9.47 Å². The summed E-state index contributed by atoms with van der Waals surface area (Å²) in [6.45, 7) is 4.54. The molecule has 6 heteroatoms. The molecule has 1 aromatic heterocycles. The number of ether oxygens (including phenoxy) is 2. The van der Waals surface area contributed by atoms with Gasteiger partial charge in [-0.2, -0.15) is 0 Å². The standard InChI is InChI=1S/C19H22FNO4/c1-3-5-9-25-17-13-21(11-14-7-6-8-15(20)10-14)12-16(18(17)22)19(23)24-4-2/h6-8,10,12-13H,3-5,9,11H2,1-2H3. The van der Waals surface area contributed by atoms with Gasteiger partial charge < -0.3 is 14.0 Å². The molecule has 0 aliphatic rings. The van der Waals surface area contributed by atoms with Crippen LogP contribution in [0.1, 0.15) is 42.6 Å². The van der Waals surface area contributed by atoms with Crippen molar-refractivity contribution in [2.24, 2.45) is 0 Å². The van der Waals surface area contributed by atoms with Crippen LogP contribution >= 0.6 is 0 Å². The third kappa shape index (κ3) is 5.17. The second-order valence-corrected chi connectivity index (χ2v) is 5.59. The minimum atomic E-state index is -0.693. The summed E-state index contributed by atoms with van der Waals surface area (Å²) < 4.78 is 25.5. The average Bonchev–Trinajstić information content (AvgIpc) is 2.57. The number of halogens is 1. The number of aromatic nitrogens is 1. The summed E-state index contributed by atoms with van der Waals surface area (Å²) in [6, 6.07) is 6.14. The lowest BCUT2D eigenvalue weighted by Gasteiger charge is -2.13. The Kier molecular flexibility index (Phi) is 6.74. The number of benzene rings is 1. The van der Waals surface area contributed by atoms with Crippen LogP contribution in [0, 0.1) is 5.82 Å². The number of hydrogen-bond acceptors (Lipinski definition) is 4. The van der Waals surface area contributed by atoms with Crippen LogP contribution in [-0.2, 0) is 11.3 Å². The molecule has 0 bridgehead atoms. The molecule has 0 atom stereocenters. The average molecular weight is 347 g/mol. The first-order chi connectivity index (χ1) is 12.0. The van der Waals surface area contributed by atoms with E-state index >= 15 is 0 Å². The highest BCUT2D eigenvalue weighted by Crippen LogP contribution is 2.12. The third-order valence-electron chi connectivity index (χ3n) is 3.55. The van der Waals surface area contributed by atoms with E-state index in [0.717, 1.165) is 12.8 Å². The molecule has 0 spiro atoms. The number of unbranched alkanes of at least 4 members (excludes halogenated alkanes) is 1. The normalized spacial score (nSPS) is 10.5. The van der Waals surface area contributed by atoms with E-state index < -0.39 is 11.4 Å². The number of hydrogen-bond donors (Lipinski definition) is 0. The van der Waals surface area contributed by atoms with Crippen molar-refractivity contribution in [2.45, 2.75) is 33.2 Å². The predicted molar refractivity (Wildman–Crippen MR) is 92.6 cm³/mol. The summed E-state index contributed by atoms with van der Waals surface area (Å²) in [5.74, 6) is -0.944. The Morgan fingerprint density at radius 2 is 2.04 bits per heavy atom. The van der Waals surface area contributed by atoms with Gasteiger partial charge in [-0.05, 0) is 31.0 Å². The van der Waals surface area contributed by atoms with Gasteiger partial charge in [0.05, 0.1) is 19.4 Å². The van der Waals surface area contributed by atoms with Crippen molar-refractivity contribution >= 4 is 5.97 Å². The van der Waals surface area contributed by atoms with Crippen molar-refractivity contribution in [1.82, 2.24) is 4.57 Å². The lowest BCUT2D eigenvalue weighted by Crippen LogP contribution is -2.22. The van der Waals surface area contributed by atoms with Gasteiger partial charge in [0.1, 0.15) is 11.4 Å². The van der Waals surface area contributed by atoms with E-state index in [2.05, 4.69) is 0 Å². The highest BCUT2D eigenvalue weighted by molar-refractivity contribution is 5.89. The zero-order chi connectivity index (χ0) is 18.2. The van der Waals surface area contributed by atoms with Gasteiger partial charge in [0.25, 0.3) is 0 Å². The van der Waals surface area contributed by atoms with Crippen molar-refractivity contribution in [3.05, 3.63) is 63.8 Å². The van der Waals surface area contributed by atoms with Crippen LogP contribution in [0.5, 0.6) is 5.75 Å². The van der Waals surface area contributed by atoms with Crippen molar-refractivity contribution in [1.29, 1.82) is 0 Å². The van der Waals surface area contributed by atoms with E-state index in [1.807, 2.05) is 6.92 Å². The summed E-state index contributed by atoms with van der Waals surface area (Å²) in [5, 5.41) is 0. The topological polar surface area (TPSA) is 57.5 Å². The molecule has 2 rings (SSSR count). The van der Waals surface area contributed by atoms with Crippen molar-refractivity contribution < 1.29 is 18.7 Å². The molecule has 5 nitrogen and oxygen atoms in total. The van der Waals surface area contributed by atoms with E-state index in [1.165, 1.54) is 24.5 Å². The molecular weight excluding hydrogens is 325 g/mol. The maximum atomic E-state index is 13.4. The Hall–Kier alpha value is -2.63. The molecule has 2 aromatic rings. The molecule has 0 saturated carbocycles. The number of esters is 1. The highest BCUT2D eigenvalue weighted by Gasteiger charge is 2.17. The van der Waals surface area contributed by atoms with Gasteiger partial charge in [0.2, 0.25) is 5.43 Å². The minimum absolute atomic E-state index is 0.0905. The van der Waals surface area contributed by atoms with E-state index in [-0.39, 0.29) is 23.7 Å². The fraction of sp³-hybridized carbons (Fsp3) is 0.368. The van der Waals surface area contributed by atoms with Crippen molar-refractivity contribution in [2.75, 3.05) is 13.2 Å². The maximum Gasteiger partial charge on any atom is 0.343 e. The molecule has 0 N–H and O–H groups in total. The van der Waals surface area contributed by atoms with Gasteiger partial charge in [0, 0.05) is 12.7 Å². The second-order valence-electron chi connectivity index (χ2n) is 5.59. The molecule has 0 fully saturated rings. The van der Waals surface area contributed by atoms with Crippen LogP contribution in [0.3, 0.4) is 0 Å². The largest absolute Gasteiger partial charge is 0.488 e. The molecule has 134 valence electrons. The summed E-state index contributed by atoms with van der Waals surface area (Å²) in [7, 11) is 0. The van der Waals surface area contributed by atoms with Crippen LogP contribution in [0.25, 0.3) is 0 Å². The smallest absolute Gasteiger partial charge is 0.343 e. The van der Waals surface area contributed by atoms with Crippen LogP contribution in [0.15, 0.2) is 41.5 Å². The number of pyridine rings is 1. The first-order valence-corrected chi connectivity index (χ1v) is 8.33. The fourth-order valence-electron chi connectivity index (χ4n) is 2.32. The highest BCUT2D eigenvalue weighted by atomic mass is 19.1. The Labute approximate surface area is 146 Å². The number of carbonyl (C=O) groups excluding carboxylic acids is 1. The van der Waals surface area contributed by atoms with E-state index in [1.54, 1.807) is 23.6 Å². The van der Waals surface area contributed by atoms with Crippen LogP contribution in [0.2, 0.25) is 0 Å². The lowest BCUT2D eigenvalue weighted by molar-refractivity contribution is 0.0523. The summed E-state index contributed by atoms with van der Waals surface area (Å²) in [4.78, 5) is 24.5. The third-order valence-corrected chi connectivity index (χ3v) is 3.55. The molecular formula is C19H22FNO4. The van der Waals surface area contributed by atoms with Gasteiger partial charge >= 0.3 is 5.97 Å². The van der Waals surface area contributed by atoms with Gasteiger partial charge in [-0.15, -0.1) is 0 Å². The Bertz CT molecular complexity index is 785.